The molecule has 26 heavy (non-hydrogen) atoms. The molecule has 2 aromatic heterocycles. The normalized spacial score (nSPS) is 19.9. The van der Waals surface area contributed by atoms with E-state index in [0.717, 1.165) is 0 Å². The lowest BCUT2D eigenvalue weighted by Crippen LogP contribution is -2.24. The monoisotopic (exact) mass is 368 g/mol. The molecule has 1 saturated carbocycles. The Balaban J connectivity index is 1.93. The highest BCUT2D eigenvalue weighted by Gasteiger charge is 2.46. The van der Waals surface area contributed by atoms with Gasteiger partial charge in [-0.05, 0) is 27.2 Å². The summed E-state index contributed by atoms with van der Waals surface area (Å²) in [6.07, 6.45) is -3.73. The molecule has 1 N–H and O–H groups in total. The number of rotatable bonds is 4. The van der Waals surface area contributed by atoms with E-state index in [4.69, 9.17) is 0 Å². The third-order valence-electron chi connectivity index (χ3n) is 4.18. The molecule has 0 aliphatic heterocycles. The summed E-state index contributed by atoms with van der Waals surface area (Å²) in [7, 11) is 0. The number of aryl methyl sites for hydroxylation is 1. The van der Waals surface area contributed by atoms with Crippen molar-refractivity contribution in [1.82, 2.24) is 19.7 Å². The number of anilines is 2. The number of hydrogen-bond donors (Lipinski definition) is 1. The van der Waals surface area contributed by atoms with Crippen molar-refractivity contribution in [1.29, 1.82) is 5.26 Å². The molecule has 0 spiro atoms. The van der Waals surface area contributed by atoms with Crippen LogP contribution in [0.15, 0.2) is 12.4 Å². The van der Waals surface area contributed by atoms with Gasteiger partial charge in [0.25, 0.3) is 0 Å². The van der Waals surface area contributed by atoms with Gasteiger partial charge in [-0.3, -0.25) is 4.68 Å². The van der Waals surface area contributed by atoms with Gasteiger partial charge in [0, 0.05) is 12.1 Å². The van der Waals surface area contributed by atoms with Crippen LogP contribution in [0.4, 0.5) is 29.2 Å². The van der Waals surface area contributed by atoms with Crippen LogP contribution in [-0.4, -0.2) is 25.9 Å². The molecule has 0 aromatic carbocycles. The summed E-state index contributed by atoms with van der Waals surface area (Å²) < 4.78 is 54.1. The van der Waals surface area contributed by atoms with E-state index in [0.29, 0.717) is 17.6 Å². The highest BCUT2D eigenvalue weighted by Crippen LogP contribution is 2.47. The van der Waals surface area contributed by atoms with Crippen LogP contribution >= 0.6 is 0 Å². The number of nitrogens with one attached hydrogen (secondary N) is 1. The Labute approximate surface area is 146 Å². The van der Waals surface area contributed by atoms with E-state index in [1.807, 2.05) is 0 Å². The minimum absolute atomic E-state index is 0.0207. The highest BCUT2D eigenvalue weighted by molar-refractivity contribution is 5.55. The molecule has 138 valence electrons. The van der Waals surface area contributed by atoms with Crippen molar-refractivity contribution in [3.8, 4) is 6.07 Å². The molecule has 2 atom stereocenters. The van der Waals surface area contributed by atoms with Crippen molar-refractivity contribution in [2.45, 2.75) is 51.0 Å². The van der Waals surface area contributed by atoms with E-state index in [2.05, 4.69) is 26.5 Å². The summed E-state index contributed by atoms with van der Waals surface area (Å²) in [5, 5.41) is 16.2. The molecule has 2 unspecified atom stereocenters. The first-order valence-corrected chi connectivity index (χ1v) is 7.86. The molecule has 1 aliphatic rings. The lowest BCUT2D eigenvalue weighted by Gasteiger charge is -2.15. The SMILES string of the molecule is Cc1nn(C(C)(C)C#N)cc1Nc1ncc(C(F)(F)F)c(C2CC2F)n1. The first-order chi connectivity index (χ1) is 12.0. The van der Waals surface area contributed by atoms with Gasteiger partial charge in [-0.2, -0.15) is 23.5 Å². The van der Waals surface area contributed by atoms with Gasteiger partial charge in [0.15, 0.2) is 0 Å². The topological polar surface area (TPSA) is 79.4 Å². The standard InChI is InChI=1S/C16H16F4N6/c1-8-12(6-26(25-8)15(2,3)7-21)23-14-22-5-10(16(18,19)20)13(24-14)9-4-11(9)17/h5-6,9,11H,4H2,1-3H3,(H,22,23,24). The van der Waals surface area contributed by atoms with Crippen LogP contribution in [-0.2, 0) is 11.7 Å². The summed E-state index contributed by atoms with van der Waals surface area (Å²) in [5.74, 6) is -0.943. The minimum Gasteiger partial charge on any atom is -0.321 e. The van der Waals surface area contributed by atoms with Crippen molar-refractivity contribution >= 4 is 11.6 Å². The van der Waals surface area contributed by atoms with Gasteiger partial charge >= 0.3 is 6.18 Å². The number of halogens is 4. The van der Waals surface area contributed by atoms with Gasteiger partial charge < -0.3 is 5.32 Å². The molecule has 1 aliphatic carbocycles. The van der Waals surface area contributed by atoms with E-state index in [1.165, 1.54) is 4.68 Å². The Hall–Kier alpha value is -2.70. The maximum atomic E-state index is 13.3. The third-order valence-corrected chi connectivity index (χ3v) is 4.18. The first-order valence-electron chi connectivity index (χ1n) is 7.86. The van der Waals surface area contributed by atoms with Crippen LogP contribution in [0, 0.1) is 18.3 Å². The van der Waals surface area contributed by atoms with Crippen LogP contribution < -0.4 is 5.32 Å². The van der Waals surface area contributed by atoms with Gasteiger partial charge in [-0.15, -0.1) is 0 Å². The largest absolute Gasteiger partial charge is 0.419 e. The van der Waals surface area contributed by atoms with Crippen molar-refractivity contribution in [2.75, 3.05) is 5.32 Å². The predicted octanol–water partition coefficient (Wildman–Crippen LogP) is 3.83. The number of hydrogen-bond acceptors (Lipinski definition) is 5. The average molecular weight is 368 g/mol. The fraction of sp³-hybridized carbons (Fsp3) is 0.500. The summed E-state index contributed by atoms with van der Waals surface area (Å²) in [6.45, 7) is 5.02. The fourth-order valence-corrected chi connectivity index (χ4v) is 2.44. The first kappa shape index (κ1) is 18.1. The van der Waals surface area contributed by atoms with Crippen LogP contribution in [0.1, 0.15) is 43.1 Å². The van der Waals surface area contributed by atoms with Crippen LogP contribution in [0.25, 0.3) is 0 Å². The average Bonchev–Trinajstić information content (AvgIpc) is 3.17. The fourth-order valence-electron chi connectivity index (χ4n) is 2.44. The molecule has 0 saturated heterocycles. The van der Waals surface area contributed by atoms with Crippen LogP contribution in [0.5, 0.6) is 0 Å². The van der Waals surface area contributed by atoms with Gasteiger partial charge in [0.1, 0.15) is 11.7 Å². The summed E-state index contributed by atoms with van der Waals surface area (Å²) in [6, 6.07) is 2.10. The number of alkyl halides is 4. The lowest BCUT2D eigenvalue weighted by molar-refractivity contribution is -0.138. The summed E-state index contributed by atoms with van der Waals surface area (Å²) >= 11 is 0. The van der Waals surface area contributed by atoms with Crippen LogP contribution in [0.3, 0.4) is 0 Å². The van der Waals surface area contributed by atoms with Gasteiger partial charge in [0.2, 0.25) is 5.95 Å². The molecule has 10 heteroatoms. The summed E-state index contributed by atoms with van der Waals surface area (Å²) in [5.41, 5.74) is -1.29. The Morgan fingerprint density at radius 3 is 2.54 bits per heavy atom. The van der Waals surface area contributed by atoms with Crippen molar-refractivity contribution in [2.24, 2.45) is 0 Å². The van der Waals surface area contributed by atoms with E-state index in [1.54, 1.807) is 27.0 Å². The van der Waals surface area contributed by atoms with Crippen LogP contribution in [0.2, 0.25) is 0 Å². The zero-order valence-corrected chi connectivity index (χ0v) is 14.3. The molecule has 6 nitrogen and oxygen atoms in total. The second kappa shape index (κ2) is 5.93. The number of nitriles is 1. The highest BCUT2D eigenvalue weighted by atomic mass is 19.4. The Bertz CT molecular complexity index is 880. The molecule has 2 heterocycles. The third kappa shape index (κ3) is 3.34. The molecular weight excluding hydrogens is 352 g/mol. The Morgan fingerprint density at radius 2 is 2.00 bits per heavy atom. The summed E-state index contributed by atoms with van der Waals surface area (Å²) in [4.78, 5) is 7.60. The maximum Gasteiger partial charge on any atom is 0.419 e. The molecule has 0 radical (unpaired) electrons. The quantitative estimate of drug-likeness (QED) is 0.830. The number of nitrogens with zero attached hydrogens (tertiary/aromatic N) is 5. The van der Waals surface area contributed by atoms with E-state index < -0.39 is 29.4 Å². The maximum absolute atomic E-state index is 13.3. The van der Waals surface area contributed by atoms with E-state index in [9.17, 15) is 22.8 Å². The molecular formula is C16H16F4N6. The molecule has 0 amide bonds. The molecule has 3 rings (SSSR count). The van der Waals surface area contributed by atoms with Crippen molar-refractivity contribution in [3.05, 3.63) is 29.3 Å². The molecule has 0 bridgehead atoms. The lowest BCUT2D eigenvalue weighted by atomic mass is 10.1. The second-order valence-electron chi connectivity index (χ2n) is 6.72. The van der Waals surface area contributed by atoms with Gasteiger partial charge in [-0.1, -0.05) is 0 Å². The van der Waals surface area contributed by atoms with Crippen molar-refractivity contribution < 1.29 is 17.6 Å². The number of aromatic nitrogens is 4. The van der Waals surface area contributed by atoms with Crippen molar-refractivity contribution in [3.63, 3.8) is 0 Å². The smallest absolute Gasteiger partial charge is 0.321 e. The zero-order valence-electron chi connectivity index (χ0n) is 14.3. The minimum atomic E-state index is -4.65. The Morgan fingerprint density at radius 1 is 1.35 bits per heavy atom. The van der Waals surface area contributed by atoms with E-state index >= 15 is 0 Å². The second-order valence-corrected chi connectivity index (χ2v) is 6.72. The zero-order chi connectivity index (χ0) is 19.3. The Kier molecular flexibility index (Phi) is 4.13. The predicted molar refractivity (Wildman–Crippen MR) is 84.5 cm³/mol. The van der Waals surface area contributed by atoms with Gasteiger partial charge in [0.05, 0.1) is 34.9 Å². The van der Waals surface area contributed by atoms with Gasteiger partial charge in [-0.25, -0.2) is 14.4 Å². The molecule has 2 aromatic rings. The van der Waals surface area contributed by atoms with E-state index in [-0.39, 0.29) is 18.1 Å². The molecule has 1 fully saturated rings.